The fourth-order valence-corrected chi connectivity index (χ4v) is 3.99. The summed E-state index contributed by atoms with van der Waals surface area (Å²) >= 11 is 0. The molecule has 23 heavy (non-hydrogen) atoms. The Morgan fingerprint density at radius 2 is 1.78 bits per heavy atom. The molecule has 0 radical (unpaired) electrons. The summed E-state index contributed by atoms with van der Waals surface area (Å²) in [5.41, 5.74) is 1.18. The number of benzene rings is 1. The first-order valence-corrected chi connectivity index (χ1v) is 9.06. The highest BCUT2D eigenvalue weighted by molar-refractivity contribution is 5.58. The molecule has 2 aliphatic rings. The first-order chi connectivity index (χ1) is 11.3. The van der Waals surface area contributed by atoms with Crippen LogP contribution in [0.5, 0.6) is 5.75 Å². The number of hydrogen-bond acceptors (Lipinski definition) is 4. The maximum Gasteiger partial charge on any atom is 0.142 e. The molecule has 0 bridgehead atoms. The van der Waals surface area contributed by atoms with Gasteiger partial charge in [0, 0.05) is 32.7 Å². The lowest BCUT2D eigenvalue weighted by molar-refractivity contribution is 0.0459. The van der Waals surface area contributed by atoms with E-state index >= 15 is 0 Å². The molecule has 0 aromatic heterocycles. The molecule has 2 fully saturated rings. The Morgan fingerprint density at radius 1 is 1.09 bits per heavy atom. The Bertz CT molecular complexity index is 480. The SMILES string of the molecule is COc1ccccc1N1CCN(C[C@@H](O)C2CCCCC2)CC1. The smallest absolute Gasteiger partial charge is 0.142 e. The molecule has 1 aliphatic heterocycles. The molecule has 1 aromatic rings. The monoisotopic (exact) mass is 318 g/mol. The van der Waals surface area contributed by atoms with Crippen molar-refractivity contribution in [1.82, 2.24) is 4.90 Å². The van der Waals surface area contributed by atoms with E-state index in [9.17, 15) is 5.11 Å². The third-order valence-electron chi connectivity index (χ3n) is 5.44. The number of methoxy groups -OCH3 is 1. The number of aliphatic hydroxyl groups is 1. The molecule has 1 N–H and O–H groups in total. The topological polar surface area (TPSA) is 35.9 Å². The highest BCUT2D eigenvalue weighted by Gasteiger charge is 2.26. The van der Waals surface area contributed by atoms with Gasteiger partial charge in [-0.3, -0.25) is 4.90 Å². The number of piperazine rings is 1. The second-order valence-corrected chi connectivity index (χ2v) is 6.92. The molecule has 0 spiro atoms. The van der Waals surface area contributed by atoms with Gasteiger partial charge in [0.05, 0.1) is 18.9 Å². The van der Waals surface area contributed by atoms with E-state index < -0.39 is 0 Å². The molecule has 0 amide bonds. The molecule has 128 valence electrons. The van der Waals surface area contributed by atoms with Crippen LogP contribution in [-0.4, -0.2) is 55.9 Å². The fourth-order valence-electron chi connectivity index (χ4n) is 3.99. The predicted molar refractivity (Wildman–Crippen MR) is 94.2 cm³/mol. The largest absolute Gasteiger partial charge is 0.495 e. The van der Waals surface area contributed by atoms with Crippen molar-refractivity contribution in [3.63, 3.8) is 0 Å². The van der Waals surface area contributed by atoms with Gasteiger partial charge in [0.1, 0.15) is 5.75 Å². The standard InChI is InChI=1S/C19H30N2O2/c1-23-19-10-6-5-9-17(19)21-13-11-20(12-14-21)15-18(22)16-7-3-2-4-8-16/h5-6,9-10,16,18,22H,2-4,7-8,11-15H2,1H3/t18-/m1/s1. The van der Waals surface area contributed by atoms with Crippen LogP contribution in [0.25, 0.3) is 0 Å². The van der Waals surface area contributed by atoms with E-state index in [-0.39, 0.29) is 6.10 Å². The van der Waals surface area contributed by atoms with E-state index in [1.54, 1.807) is 7.11 Å². The summed E-state index contributed by atoms with van der Waals surface area (Å²) in [6.07, 6.45) is 6.21. The van der Waals surface area contributed by atoms with Crippen molar-refractivity contribution >= 4 is 5.69 Å². The number of β-amino-alcohol motifs (C(OH)–C–C–N with tert-alkyl or cyclic N) is 1. The summed E-state index contributed by atoms with van der Waals surface area (Å²) in [4.78, 5) is 4.81. The fraction of sp³-hybridized carbons (Fsp3) is 0.684. The van der Waals surface area contributed by atoms with E-state index in [1.807, 2.05) is 12.1 Å². The number of nitrogens with zero attached hydrogens (tertiary/aromatic N) is 2. The van der Waals surface area contributed by atoms with Crippen molar-refractivity contribution < 1.29 is 9.84 Å². The van der Waals surface area contributed by atoms with Crippen LogP contribution in [0.4, 0.5) is 5.69 Å². The molecule has 1 saturated carbocycles. The molecule has 1 saturated heterocycles. The summed E-state index contributed by atoms with van der Waals surface area (Å²) in [5.74, 6) is 1.47. The second kappa shape index (κ2) is 8.02. The third-order valence-corrected chi connectivity index (χ3v) is 5.44. The van der Waals surface area contributed by atoms with E-state index in [4.69, 9.17) is 4.74 Å². The molecular weight excluding hydrogens is 288 g/mol. The minimum atomic E-state index is -0.145. The first-order valence-electron chi connectivity index (χ1n) is 9.06. The van der Waals surface area contributed by atoms with Gasteiger partial charge in [-0.1, -0.05) is 31.4 Å². The zero-order valence-corrected chi connectivity index (χ0v) is 14.3. The molecule has 4 nitrogen and oxygen atoms in total. The minimum Gasteiger partial charge on any atom is -0.495 e. The van der Waals surface area contributed by atoms with Crippen molar-refractivity contribution in [2.45, 2.75) is 38.2 Å². The van der Waals surface area contributed by atoms with Crippen LogP contribution in [0, 0.1) is 5.92 Å². The van der Waals surface area contributed by atoms with Crippen LogP contribution < -0.4 is 9.64 Å². The number of ether oxygens (including phenoxy) is 1. The highest BCUT2D eigenvalue weighted by Crippen LogP contribution is 2.29. The molecule has 3 rings (SSSR count). The molecule has 1 aromatic carbocycles. The van der Waals surface area contributed by atoms with Crippen LogP contribution in [0.15, 0.2) is 24.3 Å². The number of para-hydroxylation sites is 2. The average Bonchev–Trinajstić information content (AvgIpc) is 2.63. The molecule has 1 heterocycles. The van der Waals surface area contributed by atoms with Crippen molar-refractivity contribution in [3.05, 3.63) is 24.3 Å². The maximum atomic E-state index is 10.5. The molecular formula is C19H30N2O2. The number of anilines is 1. The lowest BCUT2D eigenvalue weighted by Crippen LogP contribution is -2.49. The van der Waals surface area contributed by atoms with E-state index in [0.29, 0.717) is 5.92 Å². The van der Waals surface area contributed by atoms with Gasteiger partial charge in [0.15, 0.2) is 0 Å². The molecule has 4 heteroatoms. The number of rotatable bonds is 5. The first kappa shape index (κ1) is 16.6. The third kappa shape index (κ3) is 4.18. The van der Waals surface area contributed by atoms with Gasteiger partial charge in [-0.2, -0.15) is 0 Å². The van der Waals surface area contributed by atoms with E-state index in [0.717, 1.165) is 38.5 Å². The summed E-state index contributed by atoms with van der Waals surface area (Å²) in [6.45, 7) is 4.86. The van der Waals surface area contributed by atoms with Gasteiger partial charge in [-0.15, -0.1) is 0 Å². The Hall–Kier alpha value is -1.26. The Kier molecular flexibility index (Phi) is 5.79. The van der Waals surface area contributed by atoms with Crippen molar-refractivity contribution in [2.24, 2.45) is 5.92 Å². The highest BCUT2D eigenvalue weighted by atomic mass is 16.5. The summed E-state index contributed by atoms with van der Waals surface area (Å²) in [6, 6.07) is 8.23. The lowest BCUT2D eigenvalue weighted by atomic mass is 9.85. The molecule has 1 aliphatic carbocycles. The van der Waals surface area contributed by atoms with Crippen LogP contribution in [0.1, 0.15) is 32.1 Å². The minimum absolute atomic E-state index is 0.145. The summed E-state index contributed by atoms with van der Waals surface area (Å²) < 4.78 is 5.47. The molecule has 0 unspecified atom stereocenters. The van der Waals surface area contributed by atoms with Gasteiger partial charge >= 0.3 is 0 Å². The lowest BCUT2D eigenvalue weighted by Gasteiger charge is -2.38. The average molecular weight is 318 g/mol. The van der Waals surface area contributed by atoms with Crippen LogP contribution in [-0.2, 0) is 0 Å². The zero-order valence-electron chi connectivity index (χ0n) is 14.3. The van der Waals surface area contributed by atoms with Crippen molar-refractivity contribution in [3.8, 4) is 5.75 Å². The van der Waals surface area contributed by atoms with Crippen molar-refractivity contribution in [1.29, 1.82) is 0 Å². The summed E-state index contributed by atoms with van der Waals surface area (Å²) in [7, 11) is 1.73. The van der Waals surface area contributed by atoms with Gasteiger partial charge in [0.2, 0.25) is 0 Å². The summed E-state index contributed by atoms with van der Waals surface area (Å²) in [5, 5.41) is 10.5. The normalized spacial score (nSPS) is 22.1. The predicted octanol–water partition coefficient (Wildman–Crippen LogP) is 2.76. The zero-order chi connectivity index (χ0) is 16.1. The Labute approximate surface area is 140 Å². The Morgan fingerprint density at radius 3 is 2.48 bits per heavy atom. The van der Waals surface area contributed by atoms with Crippen LogP contribution >= 0.6 is 0 Å². The van der Waals surface area contributed by atoms with Crippen LogP contribution in [0.2, 0.25) is 0 Å². The van der Waals surface area contributed by atoms with Gasteiger partial charge in [0.25, 0.3) is 0 Å². The van der Waals surface area contributed by atoms with Gasteiger partial charge in [-0.25, -0.2) is 0 Å². The quantitative estimate of drug-likeness (QED) is 0.905. The van der Waals surface area contributed by atoms with Crippen LogP contribution in [0.3, 0.4) is 0 Å². The Balaban J connectivity index is 1.50. The number of aliphatic hydroxyl groups excluding tert-OH is 1. The second-order valence-electron chi connectivity index (χ2n) is 6.92. The molecule has 1 atom stereocenters. The van der Waals surface area contributed by atoms with E-state index in [2.05, 4.69) is 21.9 Å². The maximum absolute atomic E-state index is 10.5. The van der Waals surface area contributed by atoms with Gasteiger partial charge < -0.3 is 14.7 Å². The van der Waals surface area contributed by atoms with Crippen molar-refractivity contribution in [2.75, 3.05) is 44.7 Å². The van der Waals surface area contributed by atoms with E-state index in [1.165, 1.54) is 37.8 Å². The number of hydrogen-bond donors (Lipinski definition) is 1. The van der Waals surface area contributed by atoms with Gasteiger partial charge in [-0.05, 0) is 30.9 Å².